The second kappa shape index (κ2) is 6.62. The molecule has 6 heteroatoms. The SMILES string of the molecule is Cc1cc(-c2cn[nH]c2C2CCCN(C(=O)C3(c4ccccc4)CC3)C2)on1. The van der Waals surface area contributed by atoms with E-state index in [4.69, 9.17) is 4.52 Å². The first-order valence-electron chi connectivity index (χ1n) is 9.99. The molecule has 1 amide bonds. The van der Waals surface area contributed by atoms with Gasteiger partial charge in [0.15, 0.2) is 5.76 Å². The van der Waals surface area contributed by atoms with E-state index in [0.29, 0.717) is 0 Å². The molecule has 0 bridgehead atoms. The zero-order valence-electron chi connectivity index (χ0n) is 16.0. The Balaban J connectivity index is 1.38. The fourth-order valence-corrected chi connectivity index (χ4v) is 4.50. The predicted molar refractivity (Wildman–Crippen MR) is 105 cm³/mol. The Morgan fingerprint density at radius 1 is 1.29 bits per heavy atom. The highest BCUT2D eigenvalue weighted by Gasteiger charge is 2.53. The lowest BCUT2D eigenvalue weighted by molar-refractivity contribution is -0.135. The molecule has 1 aliphatic heterocycles. The van der Waals surface area contributed by atoms with E-state index in [2.05, 4.69) is 32.4 Å². The number of nitrogens with zero attached hydrogens (tertiary/aromatic N) is 3. The number of benzene rings is 1. The van der Waals surface area contributed by atoms with E-state index in [9.17, 15) is 4.79 Å². The van der Waals surface area contributed by atoms with Crippen LogP contribution in [0.25, 0.3) is 11.3 Å². The van der Waals surface area contributed by atoms with Gasteiger partial charge in [0.25, 0.3) is 0 Å². The number of aromatic nitrogens is 3. The first kappa shape index (κ1) is 17.2. The second-order valence-electron chi connectivity index (χ2n) is 8.07. The van der Waals surface area contributed by atoms with Gasteiger partial charge in [-0.25, -0.2) is 0 Å². The van der Waals surface area contributed by atoms with Gasteiger partial charge in [-0.2, -0.15) is 5.10 Å². The maximum Gasteiger partial charge on any atom is 0.233 e. The van der Waals surface area contributed by atoms with Crippen LogP contribution in [0.15, 0.2) is 47.1 Å². The van der Waals surface area contributed by atoms with Crippen molar-refractivity contribution in [1.29, 1.82) is 0 Å². The molecule has 1 atom stereocenters. The van der Waals surface area contributed by atoms with Crippen molar-refractivity contribution in [1.82, 2.24) is 20.3 Å². The lowest BCUT2D eigenvalue weighted by Crippen LogP contribution is -2.44. The summed E-state index contributed by atoms with van der Waals surface area (Å²) < 4.78 is 5.45. The summed E-state index contributed by atoms with van der Waals surface area (Å²) in [6.07, 6.45) is 5.72. The summed E-state index contributed by atoms with van der Waals surface area (Å²) in [6, 6.07) is 12.2. The van der Waals surface area contributed by atoms with Crippen LogP contribution in [0.4, 0.5) is 0 Å². The number of rotatable bonds is 4. The van der Waals surface area contributed by atoms with E-state index in [-0.39, 0.29) is 17.2 Å². The zero-order chi connectivity index (χ0) is 19.1. The first-order chi connectivity index (χ1) is 13.7. The van der Waals surface area contributed by atoms with E-state index in [0.717, 1.165) is 67.0 Å². The van der Waals surface area contributed by atoms with Gasteiger partial charge in [-0.3, -0.25) is 9.89 Å². The van der Waals surface area contributed by atoms with Gasteiger partial charge in [0.1, 0.15) is 0 Å². The van der Waals surface area contributed by atoms with Crippen LogP contribution in [-0.2, 0) is 10.2 Å². The Bertz CT molecular complexity index is 987. The van der Waals surface area contributed by atoms with Crippen LogP contribution >= 0.6 is 0 Å². The van der Waals surface area contributed by atoms with Gasteiger partial charge in [-0.1, -0.05) is 35.5 Å². The predicted octanol–water partition coefficient (Wildman–Crippen LogP) is 3.81. The molecule has 1 saturated carbocycles. The maximum atomic E-state index is 13.4. The van der Waals surface area contributed by atoms with Crippen molar-refractivity contribution in [3.8, 4) is 11.3 Å². The minimum Gasteiger partial charge on any atom is -0.356 e. The summed E-state index contributed by atoms with van der Waals surface area (Å²) in [6.45, 7) is 3.46. The molecule has 28 heavy (non-hydrogen) atoms. The Morgan fingerprint density at radius 3 is 2.82 bits per heavy atom. The lowest BCUT2D eigenvalue weighted by Gasteiger charge is -2.35. The number of carbonyl (C=O) groups is 1. The van der Waals surface area contributed by atoms with Gasteiger partial charge < -0.3 is 9.42 Å². The zero-order valence-corrected chi connectivity index (χ0v) is 16.0. The summed E-state index contributed by atoms with van der Waals surface area (Å²) in [5, 5.41) is 11.4. The van der Waals surface area contributed by atoms with Crippen LogP contribution in [0.1, 0.15) is 48.6 Å². The molecule has 2 aliphatic rings. The van der Waals surface area contributed by atoms with Crippen LogP contribution < -0.4 is 0 Å². The Labute approximate surface area is 163 Å². The summed E-state index contributed by atoms with van der Waals surface area (Å²) in [4.78, 5) is 15.5. The molecule has 2 fully saturated rings. The lowest BCUT2D eigenvalue weighted by atomic mass is 9.89. The molecule has 5 rings (SSSR count). The molecule has 3 heterocycles. The molecule has 3 aromatic rings. The van der Waals surface area contributed by atoms with Gasteiger partial charge in [0.2, 0.25) is 5.91 Å². The normalized spacial score (nSPS) is 20.9. The molecule has 1 aliphatic carbocycles. The molecule has 1 saturated heterocycles. The fourth-order valence-electron chi connectivity index (χ4n) is 4.50. The number of aromatic amines is 1. The van der Waals surface area contributed by atoms with E-state index in [1.807, 2.05) is 31.2 Å². The molecule has 1 N–H and O–H groups in total. The standard InChI is InChI=1S/C22H24N4O2/c1-15-12-19(28-25-15)18-13-23-24-20(18)16-6-5-11-26(14-16)21(27)22(9-10-22)17-7-3-2-4-8-17/h2-4,7-8,12-13,16H,5-6,9-11,14H2,1H3,(H,23,24). The minimum absolute atomic E-state index is 0.229. The summed E-state index contributed by atoms with van der Waals surface area (Å²) >= 11 is 0. The average Bonchev–Trinajstić information content (AvgIpc) is 3.19. The van der Waals surface area contributed by atoms with Crippen LogP contribution in [-0.4, -0.2) is 39.3 Å². The van der Waals surface area contributed by atoms with Gasteiger partial charge in [0, 0.05) is 25.1 Å². The summed E-state index contributed by atoms with van der Waals surface area (Å²) in [5.41, 5.74) is 3.69. The number of amides is 1. The third kappa shape index (κ3) is 2.84. The van der Waals surface area contributed by atoms with Crippen molar-refractivity contribution in [3.05, 3.63) is 59.5 Å². The molecule has 0 spiro atoms. The van der Waals surface area contributed by atoms with Gasteiger partial charge >= 0.3 is 0 Å². The van der Waals surface area contributed by atoms with Gasteiger partial charge in [-0.05, 0) is 38.2 Å². The number of aryl methyl sites for hydroxylation is 1. The monoisotopic (exact) mass is 376 g/mol. The number of H-pyrrole nitrogens is 1. The number of hydrogen-bond acceptors (Lipinski definition) is 4. The highest BCUT2D eigenvalue weighted by molar-refractivity contribution is 5.91. The average molecular weight is 376 g/mol. The molecule has 0 radical (unpaired) electrons. The van der Waals surface area contributed by atoms with Crippen molar-refractivity contribution >= 4 is 5.91 Å². The van der Waals surface area contributed by atoms with Crippen molar-refractivity contribution in [2.75, 3.05) is 13.1 Å². The third-order valence-corrected chi connectivity index (χ3v) is 6.16. The smallest absolute Gasteiger partial charge is 0.233 e. The fraction of sp³-hybridized carbons (Fsp3) is 0.409. The largest absolute Gasteiger partial charge is 0.356 e. The maximum absolute atomic E-state index is 13.4. The minimum atomic E-state index is -0.304. The van der Waals surface area contributed by atoms with Crippen molar-refractivity contribution in [2.24, 2.45) is 0 Å². The van der Waals surface area contributed by atoms with Crippen LogP contribution in [0.5, 0.6) is 0 Å². The van der Waals surface area contributed by atoms with Crippen LogP contribution in [0.3, 0.4) is 0 Å². The molecule has 1 unspecified atom stereocenters. The number of likely N-dealkylation sites (tertiary alicyclic amines) is 1. The third-order valence-electron chi connectivity index (χ3n) is 6.16. The molecular weight excluding hydrogens is 352 g/mol. The number of carbonyl (C=O) groups excluding carboxylic acids is 1. The number of nitrogens with one attached hydrogen (secondary N) is 1. The number of hydrogen-bond donors (Lipinski definition) is 1. The van der Waals surface area contributed by atoms with Crippen molar-refractivity contribution in [2.45, 2.75) is 43.9 Å². The number of piperidine rings is 1. The topological polar surface area (TPSA) is 75.0 Å². The Morgan fingerprint density at radius 2 is 2.11 bits per heavy atom. The summed E-state index contributed by atoms with van der Waals surface area (Å²) in [5.74, 6) is 1.24. The van der Waals surface area contributed by atoms with E-state index in [1.54, 1.807) is 6.20 Å². The molecule has 144 valence electrons. The quantitative estimate of drug-likeness (QED) is 0.751. The molecular formula is C22H24N4O2. The Kier molecular flexibility index (Phi) is 4.07. The highest BCUT2D eigenvalue weighted by atomic mass is 16.5. The Hall–Kier alpha value is -2.89. The first-order valence-corrected chi connectivity index (χ1v) is 9.99. The van der Waals surface area contributed by atoms with Gasteiger partial charge in [0.05, 0.1) is 28.6 Å². The van der Waals surface area contributed by atoms with E-state index < -0.39 is 0 Å². The summed E-state index contributed by atoms with van der Waals surface area (Å²) in [7, 11) is 0. The van der Waals surface area contributed by atoms with Crippen molar-refractivity contribution < 1.29 is 9.32 Å². The second-order valence-corrected chi connectivity index (χ2v) is 8.07. The van der Waals surface area contributed by atoms with Crippen LogP contribution in [0.2, 0.25) is 0 Å². The molecule has 1 aromatic carbocycles. The molecule has 6 nitrogen and oxygen atoms in total. The van der Waals surface area contributed by atoms with Crippen molar-refractivity contribution in [3.63, 3.8) is 0 Å². The van der Waals surface area contributed by atoms with Gasteiger partial charge in [-0.15, -0.1) is 0 Å². The highest BCUT2D eigenvalue weighted by Crippen LogP contribution is 2.50. The van der Waals surface area contributed by atoms with E-state index >= 15 is 0 Å². The van der Waals surface area contributed by atoms with E-state index in [1.165, 1.54) is 0 Å². The molecule has 2 aromatic heterocycles. The van der Waals surface area contributed by atoms with Crippen LogP contribution in [0, 0.1) is 6.92 Å².